The van der Waals surface area contributed by atoms with Gasteiger partial charge in [-0.1, -0.05) is 153 Å². The number of benzene rings is 2. The van der Waals surface area contributed by atoms with Crippen LogP contribution in [0, 0.1) is 5.92 Å². The van der Waals surface area contributed by atoms with Gasteiger partial charge in [-0.2, -0.15) is 11.3 Å². The highest BCUT2D eigenvalue weighted by atomic mass is 32.1. The maximum absolute atomic E-state index is 10.8. The van der Waals surface area contributed by atoms with E-state index in [0.29, 0.717) is 12.8 Å². The molecule has 0 saturated carbocycles. The number of amides is 2. The van der Waals surface area contributed by atoms with Crippen molar-refractivity contribution in [1.82, 2.24) is 0 Å². The van der Waals surface area contributed by atoms with Crippen molar-refractivity contribution in [3.8, 4) is 0 Å². The number of nitrogens with one attached hydrogen (secondary N) is 2. The Balaban J connectivity index is 0.000000221. The first kappa shape index (κ1) is 36.5. The topological polar surface area (TPSA) is 58.2 Å². The molecule has 0 bridgehead atoms. The molecule has 2 aliphatic heterocycles. The lowest BCUT2D eigenvalue weighted by molar-refractivity contribution is -0.115. The predicted octanol–water partition coefficient (Wildman–Crippen LogP) is 11.6. The summed E-state index contributed by atoms with van der Waals surface area (Å²) in [5.41, 5.74) is 5.72. The fourth-order valence-corrected chi connectivity index (χ4v) is 6.88. The number of carbonyl (C=O) groups excluding carboxylic acids is 2. The van der Waals surface area contributed by atoms with Crippen molar-refractivity contribution in [2.45, 2.75) is 136 Å². The summed E-state index contributed by atoms with van der Waals surface area (Å²) >= 11 is 1.86. The van der Waals surface area contributed by atoms with E-state index in [0.717, 1.165) is 28.4 Å². The zero-order valence-corrected chi connectivity index (χ0v) is 28.9. The maximum Gasteiger partial charge on any atom is 0.228 e. The Morgan fingerprint density at radius 1 is 0.600 bits per heavy atom. The van der Waals surface area contributed by atoms with Crippen LogP contribution in [0.1, 0.15) is 133 Å². The normalized spacial score (nSPS) is 13.5. The van der Waals surface area contributed by atoms with Gasteiger partial charge in [0.2, 0.25) is 11.8 Å². The van der Waals surface area contributed by atoms with Crippen LogP contribution in [-0.4, -0.2) is 11.8 Å². The van der Waals surface area contributed by atoms with Crippen LogP contribution < -0.4 is 10.6 Å². The van der Waals surface area contributed by atoms with Crippen LogP contribution in [-0.2, 0) is 28.9 Å². The SMILES string of the molecule is CCCCCCCCCCC(CCCCCCCC)Cc1ccsc1.O=C1Cc2ccccc2N1.O=C1Cc2ccccc2N1. The van der Waals surface area contributed by atoms with Gasteiger partial charge in [0.25, 0.3) is 0 Å². The van der Waals surface area contributed by atoms with Crippen LogP contribution >= 0.6 is 11.3 Å². The first-order chi connectivity index (χ1) is 22.1. The van der Waals surface area contributed by atoms with E-state index in [9.17, 15) is 9.59 Å². The molecule has 45 heavy (non-hydrogen) atoms. The minimum Gasteiger partial charge on any atom is -0.326 e. The fraction of sp³-hybridized carbons (Fsp3) is 0.550. The van der Waals surface area contributed by atoms with Crippen molar-refractivity contribution >= 4 is 34.5 Å². The molecule has 0 saturated heterocycles. The maximum atomic E-state index is 10.8. The fourth-order valence-electron chi connectivity index (χ4n) is 6.20. The molecule has 0 radical (unpaired) electrons. The number of thiophene rings is 1. The molecule has 2 N–H and O–H groups in total. The van der Waals surface area contributed by atoms with Gasteiger partial charge >= 0.3 is 0 Å². The lowest BCUT2D eigenvalue weighted by Gasteiger charge is -2.16. The summed E-state index contributed by atoms with van der Waals surface area (Å²) in [5, 5.41) is 10.1. The van der Waals surface area contributed by atoms with E-state index < -0.39 is 0 Å². The first-order valence-corrected chi connectivity index (χ1v) is 18.8. The Labute approximate surface area is 277 Å². The van der Waals surface area contributed by atoms with Gasteiger partial charge in [0.1, 0.15) is 0 Å². The molecule has 3 heterocycles. The third-order valence-electron chi connectivity index (χ3n) is 8.82. The minimum absolute atomic E-state index is 0.0983. The molecule has 5 rings (SSSR count). The standard InChI is InChI=1S/C24H44S.2C8H7NO/c1-3-5-7-9-11-12-14-16-18-23(21-24-19-20-25-22-24)17-15-13-10-8-6-4-2;2*10-8-5-6-3-1-2-4-7(6)9-8/h19-20,22-23H,3-18,21H2,1-2H3;2*1-4H,5H2,(H,9,10). The average Bonchev–Trinajstić information content (AvgIpc) is 3.79. The van der Waals surface area contributed by atoms with Crippen molar-refractivity contribution in [2.75, 3.05) is 10.6 Å². The number of carbonyl (C=O) groups is 2. The molecule has 1 aromatic heterocycles. The second-order valence-electron chi connectivity index (χ2n) is 12.8. The van der Waals surface area contributed by atoms with E-state index >= 15 is 0 Å². The Bertz CT molecular complexity index is 1110. The highest BCUT2D eigenvalue weighted by Gasteiger charge is 2.16. The lowest BCUT2D eigenvalue weighted by Crippen LogP contribution is -2.05. The number of hydrogen-bond acceptors (Lipinski definition) is 3. The quantitative estimate of drug-likeness (QED) is 0.137. The number of rotatable bonds is 18. The Morgan fingerprint density at radius 3 is 1.47 bits per heavy atom. The molecule has 2 aromatic carbocycles. The monoisotopic (exact) mass is 630 g/mol. The molecule has 1 atom stereocenters. The van der Waals surface area contributed by atoms with Crippen molar-refractivity contribution in [3.63, 3.8) is 0 Å². The number of anilines is 2. The van der Waals surface area contributed by atoms with Gasteiger partial charge in [0.15, 0.2) is 0 Å². The Morgan fingerprint density at radius 2 is 1.04 bits per heavy atom. The van der Waals surface area contributed by atoms with Gasteiger partial charge in [-0.05, 0) is 58.0 Å². The summed E-state index contributed by atoms with van der Waals surface area (Å²) in [6.07, 6.45) is 25.5. The van der Waals surface area contributed by atoms with Gasteiger partial charge < -0.3 is 10.6 Å². The second kappa shape index (κ2) is 22.6. The van der Waals surface area contributed by atoms with Crippen LogP contribution in [0.2, 0.25) is 0 Å². The lowest BCUT2D eigenvalue weighted by atomic mass is 9.89. The van der Waals surface area contributed by atoms with Crippen LogP contribution in [0.4, 0.5) is 11.4 Å². The molecule has 2 amide bonds. The van der Waals surface area contributed by atoms with Crippen LogP contribution in [0.5, 0.6) is 0 Å². The van der Waals surface area contributed by atoms with Gasteiger partial charge in [-0.3, -0.25) is 9.59 Å². The van der Waals surface area contributed by atoms with E-state index in [2.05, 4.69) is 41.3 Å². The molecule has 0 aliphatic carbocycles. The van der Waals surface area contributed by atoms with Gasteiger partial charge in [0, 0.05) is 11.4 Å². The smallest absolute Gasteiger partial charge is 0.228 e. The number of para-hydroxylation sites is 2. The van der Waals surface area contributed by atoms with Crippen molar-refractivity contribution in [2.24, 2.45) is 5.92 Å². The third-order valence-corrected chi connectivity index (χ3v) is 9.55. The summed E-state index contributed by atoms with van der Waals surface area (Å²) in [6.45, 7) is 4.61. The molecule has 246 valence electrons. The zero-order chi connectivity index (χ0) is 32.0. The highest BCUT2D eigenvalue weighted by Crippen LogP contribution is 2.25. The first-order valence-electron chi connectivity index (χ1n) is 17.9. The van der Waals surface area contributed by atoms with Gasteiger partial charge in [-0.25, -0.2) is 0 Å². The van der Waals surface area contributed by atoms with E-state index in [-0.39, 0.29) is 11.8 Å². The largest absolute Gasteiger partial charge is 0.326 e. The van der Waals surface area contributed by atoms with Gasteiger partial charge in [0.05, 0.1) is 12.8 Å². The van der Waals surface area contributed by atoms with Crippen LogP contribution in [0.15, 0.2) is 65.4 Å². The Kier molecular flexibility index (Phi) is 18.3. The molecule has 3 aromatic rings. The Hall–Kier alpha value is -2.92. The molecule has 4 nitrogen and oxygen atoms in total. The second-order valence-corrected chi connectivity index (χ2v) is 13.6. The van der Waals surface area contributed by atoms with Crippen LogP contribution in [0.3, 0.4) is 0 Å². The molecule has 0 spiro atoms. The summed E-state index contributed by atoms with van der Waals surface area (Å²) < 4.78 is 0. The average molecular weight is 631 g/mol. The van der Waals surface area contributed by atoms with E-state index in [1.165, 1.54) is 109 Å². The van der Waals surface area contributed by atoms with Gasteiger partial charge in [-0.15, -0.1) is 0 Å². The van der Waals surface area contributed by atoms with E-state index in [4.69, 9.17) is 0 Å². The molecular weight excluding hydrogens is 573 g/mol. The number of unbranched alkanes of at least 4 members (excludes halogenated alkanes) is 12. The summed E-state index contributed by atoms with van der Waals surface area (Å²) in [5.74, 6) is 1.13. The molecule has 2 aliphatic rings. The molecular formula is C40H58N2O2S. The minimum atomic E-state index is 0.0983. The summed E-state index contributed by atoms with van der Waals surface area (Å²) in [4.78, 5) is 21.6. The van der Waals surface area contributed by atoms with Crippen LogP contribution in [0.25, 0.3) is 0 Å². The number of fused-ring (bicyclic) bond motifs is 2. The number of hydrogen-bond donors (Lipinski definition) is 2. The summed E-state index contributed by atoms with van der Waals surface area (Å²) in [7, 11) is 0. The van der Waals surface area contributed by atoms with E-state index in [1.54, 1.807) is 5.56 Å². The molecule has 0 fully saturated rings. The van der Waals surface area contributed by atoms with Crippen molar-refractivity contribution in [1.29, 1.82) is 0 Å². The van der Waals surface area contributed by atoms with Crippen molar-refractivity contribution in [3.05, 3.63) is 82.0 Å². The summed E-state index contributed by atoms with van der Waals surface area (Å²) in [6, 6.07) is 17.8. The zero-order valence-electron chi connectivity index (χ0n) is 28.1. The van der Waals surface area contributed by atoms with E-state index in [1.807, 2.05) is 59.9 Å². The predicted molar refractivity (Wildman–Crippen MR) is 194 cm³/mol. The third kappa shape index (κ3) is 15.3. The molecule has 5 heteroatoms. The molecule has 1 unspecified atom stereocenters. The van der Waals surface area contributed by atoms with Crippen molar-refractivity contribution < 1.29 is 9.59 Å². The highest BCUT2D eigenvalue weighted by molar-refractivity contribution is 7.07.